The molecular formula is C16H17N3O6. The summed E-state index contributed by atoms with van der Waals surface area (Å²) in [6, 6.07) is 6.23. The normalized spacial score (nSPS) is 12.6. The molecule has 1 heterocycles. The van der Waals surface area contributed by atoms with Gasteiger partial charge in [-0.15, -0.1) is 0 Å². The van der Waals surface area contributed by atoms with Gasteiger partial charge in [0.25, 0.3) is 17.7 Å². The van der Waals surface area contributed by atoms with Gasteiger partial charge in [0.05, 0.1) is 17.7 Å². The summed E-state index contributed by atoms with van der Waals surface area (Å²) in [7, 11) is 2.82. The molecule has 25 heavy (non-hydrogen) atoms. The first-order valence-corrected chi connectivity index (χ1v) is 7.40. The molecule has 9 heteroatoms. The molecule has 0 aliphatic carbocycles. The monoisotopic (exact) mass is 347 g/mol. The molecule has 0 unspecified atom stereocenters. The molecule has 1 aromatic carbocycles. The van der Waals surface area contributed by atoms with Crippen molar-refractivity contribution in [1.29, 1.82) is 0 Å². The van der Waals surface area contributed by atoms with E-state index in [9.17, 15) is 24.0 Å². The molecule has 0 spiro atoms. The number of fused-ring (bicyclic) bond motifs is 1. The minimum Gasteiger partial charge on any atom is -0.454 e. The van der Waals surface area contributed by atoms with E-state index < -0.39 is 36.8 Å². The Morgan fingerprint density at radius 3 is 2.20 bits per heavy atom. The van der Waals surface area contributed by atoms with E-state index in [2.05, 4.69) is 5.32 Å². The Hall–Kier alpha value is -3.23. The maximum absolute atomic E-state index is 12.1. The number of ether oxygens (including phenoxy) is 1. The molecule has 1 aliphatic rings. The number of amides is 4. The predicted octanol–water partition coefficient (Wildman–Crippen LogP) is -0.970. The van der Waals surface area contributed by atoms with Crippen molar-refractivity contribution in [3.8, 4) is 0 Å². The molecule has 0 radical (unpaired) electrons. The molecular weight excluding hydrogens is 330 g/mol. The smallest absolute Gasteiger partial charge is 0.326 e. The van der Waals surface area contributed by atoms with Gasteiger partial charge < -0.3 is 15.0 Å². The summed E-state index contributed by atoms with van der Waals surface area (Å²) in [6.07, 6.45) is 0. The van der Waals surface area contributed by atoms with Crippen molar-refractivity contribution >= 4 is 29.6 Å². The minimum absolute atomic E-state index is 0.175. The second-order valence-electron chi connectivity index (χ2n) is 5.33. The summed E-state index contributed by atoms with van der Waals surface area (Å²) >= 11 is 0. The summed E-state index contributed by atoms with van der Waals surface area (Å²) in [4.78, 5) is 60.9. The zero-order chi connectivity index (χ0) is 18.6. The number of likely N-dealkylation sites (N-methyl/N-ethyl adjacent to an activating group) is 2. The van der Waals surface area contributed by atoms with Crippen LogP contribution in [0.5, 0.6) is 0 Å². The molecule has 0 aromatic heterocycles. The number of hydrogen-bond acceptors (Lipinski definition) is 6. The van der Waals surface area contributed by atoms with E-state index >= 15 is 0 Å². The lowest BCUT2D eigenvalue weighted by Gasteiger charge is -2.17. The first kappa shape index (κ1) is 18.1. The largest absolute Gasteiger partial charge is 0.454 e. The van der Waals surface area contributed by atoms with Crippen molar-refractivity contribution in [3.05, 3.63) is 35.4 Å². The Morgan fingerprint density at radius 2 is 1.68 bits per heavy atom. The summed E-state index contributed by atoms with van der Waals surface area (Å²) in [5.74, 6) is -3.01. The van der Waals surface area contributed by atoms with Crippen LogP contribution in [0.4, 0.5) is 0 Å². The number of carbonyl (C=O) groups is 5. The Labute approximate surface area is 143 Å². The van der Waals surface area contributed by atoms with Crippen LogP contribution in [0, 0.1) is 0 Å². The van der Waals surface area contributed by atoms with Crippen LogP contribution in [0.25, 0.3) is 0 Å². The number of nitrogens with one attached hydrogen (secondary N) is 1. The van der Waals surface area contributed by atoms with Gasteiger partial charge in [-0.2, -0.15) is 0 Å². The lowest BCUT2D eigenvalue weighted by atomic mass is 10.1. The number of hydrogen-bond donors (Lipinski definition) is 1. The maximum atomic E-state index is 12.1. The van der Waals surface area contributed by atoms with Gasteiger partial charge in [0.2, 0.25) is 5.91 Å². The molecule has 9 nitrogen and oxygen atoms in total. The quantitative estimate of drug-likeness (QED) is 0.523. The number of benzene rings is 1. The zero-order valence-corrected chi connectivity index (χ0v) is 13.8. The van der Waals surface area contributed by atoms with Crippen LogP contribution in [0.3, 0.4) is 0 Å². The first-order chi connectivity index (χ1) is 11.8. The summed E-state index contributed by atoms with van der Waals surface area (Å²) < 4.78 is 4.79. The van der Waals surface area contributed by atoms with Gasteiger partial charge in [-0.3, -0.25) is 28.9 Å². The number of esters is 1. The van der Waals surface area contributed by atoms with Crippen molar-refractivity contribution in [3.63, 3.8) is 0 Å². The second-order valence-corrected chi connectivity index (χ2v) is 5.33. The highest BCUT2D eigenvalue weighted by Gasteiger charge is 2.36. The Kier molecular flexibility index (Phi) is 5.48. The Morgan fingerprint density at radius 1 is 1.12 bits per heavy atom. The zero-order valence-electron chi connectivity index (χ0n) is 13.8. The SMILES string of the molecule is CNC(=O)CN(C)C(=O)COC(=O)CN1C(=O)c2ccccc2C1=O. The lowest BCUT2D eigenvalue weighted by Crippen LogP contribution is -2.40. The number of imide groups is 1. The predicted molar refractivity (Wildman–Crippen MR) is 84.5 cm³/mol. The molecule has 4 amide bonds. The number of nitrogens with zero attached hydrogens (tertiary/aromatic N) is 2. The highest BCUT2D eigenvalue weighted by Crippen LogP contribution is 2.21. The van der Waals surface area contributed by atoms with E-state index in [-0.39, 0.29) is 23.6 Å². The van der Waals surface area contributed by atoms with Crippen molar-refractivity contribution in [1.82, 2.24) is 15.1 Å². The molecule has 1 aliphatic heterocycles. The third-order valence-electron chi connectivity index (χ3n) is 3.61. The molecule has 0 atom stereocenters. The highest BCUT2D eigenvalue weighted by atomic mass is 16.5. The molecule has 132 valence electrons. The van der Waals surface area contributed by atoms with Gasteiger partial charge in [-0.05, 0) is 12.1 Å². The van der Waals surface area contributed by atoms with Gasteiger partial charge in [0.15, 0.2) is 6.61 Å². The van der Waals surface area contributed by atoms with E-state index in [4.69, 9.17) is 4.74 Å². The third kappa shape index (κ3) is 4.00. The average Bonchev–Trinajstić information content (AvgIpc) is 2.84. The summed E-state index contributed by atoms with van der Waals surface area (Å²) in [5.41, 5.74) is 0.448. The van der Waals surface area contributed by atoms with Gasteiger partial charge in [-0.1, -0.05) is 12.1 Å². The topological polar surface area (TPSA) is 113 Å². The van der Waals surface area contributed by atoms with Crippen LogP contribution in [-0.4, -0.2) is 73.2 Å². The second kappa shape index (κ2) is 7.56. The Bertz CT molecular complexity index is 710. The van der Waals surface area contributed by atoms with Gasteiger partial charge in [-0.25, -0.2) is 0 Å². The van der Waals surface area contributed by atoms with Crippen LogP contribution in [0.2, 0.25) is 0 Å². The molecule has 1 N–H and O–H groups in total. The van der Waals surface area contributed by atoms with E-state index in [1.807, 2.05) is 0 Å². The molecule has 2 rings (SSSR count). The van der Waals surface area contributed by atoms with Crippen molar-refractivity contribution in [2.75, 3.05) is 33.8 Å². The van der Waals surface area contributed by atoms with Crippen LogP contribution >= 0.6 is 0 Å². The standard InChI is InChI=1S/C16H17N3O6/c1-17-12(20)7-18(2)13(21)9-25-14(22)8-19-15(23)10-5-3-4-6-11(10)16(19)24/h3-6H,7-9H2,1-2H3,(H,17,20). The molecule has 0 saturated heterocycles. The fraction of sp³-hybridized carbons (Fsp3) is 0.312. The van der Waals surface area contributed by atoms with Gasteiger partial charge >= 0.3 is 5.97 Å². The molecule has 0 saturated carbocycles. The fourth-order valence-corrected chi connectivity index (χ4v) is 2.19. The first-order valence-electron chi connectivity index (χ1n) is 7.40. The number of carbonyl (C=O) groups excluding carboxylic acids is 5. The van der Waals surface area contributed by atoms with Crippen LogP contribution in [-0.2, 0) is 19.1 Å². The van der Waals surface area contributed by atoms with E-state index in [1.165, 1.54) is 26.2 Å². The Balaban J connectivity index is 1.87. The lowest BCUT2D eigenvalue weighted by molar-refractivity contribution is -0.152. The van der Waals surface area contributed by atoms with Crippen LogP contribution in [0.15, 0.2) is 24.3 Å². The van der Waals surface area contributed by atoms with Gasteiger partial charge in [0, 0.05) is 14.1 Å². The van der Waals surface area contributed by atoms with Crippen molar-refractivity contribution < 1.29 is 28.7 Å². The third-order valence-corrected chi connectivity index (χ3v) is 3.61. The fourth-order valence-electron chi connectivity index (χ4n) is 2.19. The van der Waals surface area contributed by atoms with Crippen LogP contribution < -0.4 is 5.32 Å². The van der Waals surface area contributed by atoms with E-state index in [1.54, 1.807) is 12.1 Å². The molecule has 0 fully saturated rings. The van der Waals surface area contributed by atoms with Crippen molar-refractivity contribution in [2.45, 2.75) is 0 Å². The molecule has 1 aromatic rings. The summed E-state index contributed by atoms with van der Waals surface area (Å²) in [5, 5.41) is 2.36. The van der Waals surface area contributed by atoms with Crippen LogP contribution in [0.1, 0.15) is 20.7 Å². The summed E-state index contributed by atoms with van der Waals surface area (Å²) in [6.45, 7) is -1.35. The number of rotatable bonds is 6. The highest BCUT2D eigenvalue weighted by molar-refractivity contribution is 6.22. The maximum Gasteiger partial charge on any atom is 0.326 e. The average molecular weight is 347 g/mol. The van der Waals surface area contributed by atoms with Crippen molar-refractivity contribution in [2.24, 2.45) is 0 Å². The molecule has 0 bridgehead atoms. The van der Waals surface area contributed by atoms with Gasteiger partial charge in [0.1, 0.15) is 6.54 Å². The van der Waals surface area contributed by atoms with E-state index in [0.29, 0.717) is 0 Å². The minimum atomic E-state index is -0.892. The van der Waals surface area contributed by atoms with E-state index in [0.717, 1.165) is 9.80 Å².